The van der Waals surface area contributed by atoms with Crippen LogP contribution in [0.2, 0.25) is 0 Å². The molecule has 9 nitrogen and oxygen atoms in total. The molecule has 1 fully saturated rings. The summed E-state index contributed by atoms with van der Waals surface area (Å²) in [5.74, 6) is 0.377. The van der Waals surface area contributed by atoms with Crippen molar-refractivity contribution in [2.75, 3.05) is 33.0 Å². The van der Waals surface area contributed by atoms with Crippen molar-refractivity contribution >= 4 is 28.9 Å². The number of nitrogens with two attached hydrogens (primary N) is 1. The largest absolute Gasteiger partial charge is 0.494 e. The van der Waals surface area contributed by atoms with Crippen LogP contribution in [0.15, 0.2) is 12.1 Å². The molecule has 0 bridgehead atoms. The van der Waals surface area contributed by atoms with Crippen LogP contribution in [-0.4, -0.2) is 75.1 Å². The maximum Gasteiger partial charge on any atom is 0.223 e. The Balaban J connectivity index is 0.000000343. The smallest absolute Gasteiger partial charge is 0.223 e. The summed E-state index contributed by atoms with van der Waals surface area (Å²) in [5.41, 5.74) is 6.92. The third-order valence-corrected chi connectivity index (χ3v) is 6.37. The second kappa shape index (κ2) is 11.4. The number of benzene rings is 1. The van der Waals surface area contributed by atoms with E-state index >= 15 is 0 Å². The molecule has 1 aliphatic rings. The summed E-state index contributed by atoms with van der Waals surface area (Å²) in [7, 11) is 3.15. The van der Waals surface area contributed by atoms with Crippen LogP contribution < -0.4 is 10.5 Å². The van der Waals surface area contributed by atoms with Crippen LogP contribution in [-0.2, 0) is 11.2 Å². The highest BCUT2D eigenvalue weighted by atomic mass is 19.1. The molecule has 1 aliphatic heterocycles. The SMILES string of the molecule is CC(C)N1CCCC1.COc1cc2nc(N)n3nc(CCC[C@H](C)N(C)C=O)nc3c2cc1F. The Morgan fingerprint density at radius 3 is 2.53 bits per heavy atom. The first-order chi connectivity index (χ1) is 16.2. The summed E-state index contributed by atoms with van der Waals surface area (Å²) in [6, 6.07) is 3.73. The first-order valence-electron chi connectivity index (χ1n) is 11.8. The van der Waals surface area contributed by atoms with E-state index < -0.39 is 5.82 Å². The zero-order chi connectivity index (χ0) is 24.8. The van der Waals surface area contributed by atoms with Gasteiger partial charge in [-0.2, -0.15) is 4.52 Å². The number of carbonyl (C=O) groups excluding carboxylic acids is 1. The molecule has 0 aliphatic carbocycles. The Labute approximate surface area is 200 Å². The number of aromatic nitrogens is 4. The van der Waals surface area contributed by atoms with Crippen LogP contribution in [0.3, 0.4) is 0 Å². The van der Waals surface area contributed by atoms with Crippen molar-refractivity contribution in [3.8, 4) is 5.75 Å². The topological polar surface area (TPSA) is 102 Å². The van der Waals surface area contributed by atoms with Gasteiger partial charge >= 0.3 is 0 Å². The Morgan fingerprint density at radius 2 is 1.94 bits per heavy atom. The third-order valence-electron chi connectivity index (χ3n) is 6.37. The van der Waals surface area contributed by atoms with Crippen molar-refractivity contribution < 1.29 is 13.9 Å². The zero-order valence-electron chi connectivity index (χ0n) is 20.8. The van der Waals surface area contributed by atoms with Gasteiger partial charge in [-0.25, -0.2) is 14.4 Å². The van der Waals surface area contributed by atoms with Gasteiger partial charge in [0.05, 0.1) is 12.6 Å². The minimum absolute atomic E-state index is 0.0989. The molecule has 0 saturated carbocycles. The van der Waals surface area contributed by atoms with Gasteiger partial charge in [0.25, 0.3) is 0 Å². The molecule has 1 aromatic carbocycles. The molecule has 0 radical (unpaired) electrons. The molecule has 0 unspecified atom stereocenters. The second-order valence-electron chi connectivity index (χ2n) is 9.09. The molecule has 1 amide bonds. The van der Waals surface area contributed by atoms with E-state index in [4.69, 9.17) is 10.5 Å². The molecule has 2 N–H and O–H groups in total. The number of ether oxygens (including phenoxy) is 1. The van der Waals surface area contributed by atoms with E-state index in [1.807, 2.05) is 6.92 Å². The Morgan fingerprint density at radius 1 is 1.24 bits per heavy atom. The number of carbonyl (C=O) groups is 1. The van der Waals surface area contributed by atoms with Crippen molar-refractivity contribution in [3.63, 3.8) is 0 Å². The summed E-state index contributed by atoms with van der Waals surface area (Å²) >= 11 is 0. The lowest BCUT2D eigenvalue weighted by atomic mass is 10.1. The quantitative estimate of drug-likeness (QED) is 0.501. The van der Waals surface area contributed by atoms with Gasteiger partial charge in [-0.15, -0.1) is 5.10 Å². The van der Waals surface area contributed by atoms with E-state index in [0.717, 1.165) is 25.3 Å². The van der Waals surface area contributed by atoms with Gasteiger partial charge in [-0.1, -0.05) is 0 Å². The Hall–Kier alpha value is -3.01. The van der Waals surface area contributed by atoms with Gasteiger partial charge in [0.15, 0.2) is 23.0 Å². The van der Waals surface area contributed by atoms with Gasteiger partial charge in [0.2, 0.25) is 12.4 Å². The molecule has 3 heterocycles. The highest BCUT2D eigenvalue weighted by Crippen LogP contribution is 2.27. The minimum atomic E-state index is -0.497. The third kappa shape index (κ3) is 5.91. The standard InChI is InChI=1S/C17H21FN6O2.C7H15N/c1-10(23(2)9-25)5-4-6-15-21-16-11-7-12(18)14(26-3)8-13(11)20-17(19)24(16)22-15;1-7(2)8-5-3-4-6-8/h7-10H,4-6H2,1-3H3,(H2,19,20);7H,3-6H2,1-2H3/t10-;/m0./s1. The van der Waals surface area contributed by atoms with E-state index in [0.29, 0.717) is 28.8 Å². The number of hydrogen-bond donors (Lipinski definition) is 1. The van der Waals surface area contributed by atoms with E-state index in [1.165, 1.54) is 49.7 Å². The molecular formula is C24H36FN7O2. The number of nitrogen functional groups attached to an aromatic ring is 1. The van der Waals surface area contributed by atoms with Crippen LogP contribution in [0.1, 0.15) is 52.3 Å². The van der Waals surface area contributed by atoms with Crippen molar-refractivity contribution in [3.05, 3.63) is 23.8 Å². The number of anilines is 1. The van der Waals surface area contributed by atoms with Crippen molar-refractivity contribution in [2.24, 2.45) is 0 Å². The zero-order valence-corrected chi connectivity index (χ0v) is 20.8. The van der Waals surface area contributed by atoms with Gasteiger partial charge in [-0.05, 0) is 65.6 Å². The number of halogens is 1. The maximum atomic E-state index is 14.1. The summed E-state index contributed by atoms with van der Waals surface area (Å²) in [6.45, 7) is 9.18. The Bertz CT molecular complexity index is 1110. The number of hydrogen-bond acceptors (Lipinski definition) is 7. The summed E-state index contributed by atoms with van der Waals surface area (Å²) < 4.78 is 20.5. The monoisotopic (exact) mass is 473 g/mol. The van der Waals surface area contributed by atoms with E-state index in [1.54, 1.807) is 11.9 Å². The highest BCUT2D eigenvalue weighted by molar-refractivity contribution is 5.93. The van der Waals surface area contributed by atoms with Gasteiger partial charge in [0, 0.05) is 37.0 Å². The number of amides is 1. The second-order valence-corrected chi connectivity index (χ2v) is 9.09. The fourth-order valence-electron chi connectivity index (χ4n) is 4.06. The lowest BCUT2D eigenvalue weighted by Gasteiger charge is -2.19. The van der Waals surface area contributed by atoms with Crippen molar-refractivity contribution in [1.29, 1.82) is 0 Å². The normalized spacial score (nSPS) is 14.9. The number of likely N-dealkylation sites (tertiary alicyclic amines) is 1. The van der Waals surface area contributed by atoms with E-state index in [2.05, 4.69) is 33.8 Å². The average Bonchev–Trinajstić information content (AvgIpc) is 3.50. The molecule has 4 rings (SSSR count). The molecule has 1 saturated heterocycles. The fourth-order valence-corrected chi connectivity index (χ4v) is 4.06. The predicted octanol–water partition coefficient (Wildman–Crippen LogP) is 3.30. The van der Waals surface area contributed by atoms with Gasteiger partial charge < -0.3 is 20.3 Å². The molecule has 3 aromatic rings. The lowest BCUT2D eigenvalue weighted by molar-refractivity contribution is -0.118. The van der Waals surface area contributed by atoms with Crippen LogP contribution in [0.25, 0.3) is 16.6 Å². The summed E-state index contributed by atoms with van der Waals surface area (Å²) in [6.07, 6.45) is 5.90. The number of fused-ring (bicyclic) bond motifs is 3. The summed E-state index contributed by atoms with van der Waals surface area (Å²) in [4.78, 5) is 23.7. The fraction of sp³-hybridized carbons (Fsp3) is 0.583. The molecule has 10 heteroatoms. The van der Waals surface area contributed by atoms with Crippen LogP contribution in [0.5, 0.6) is 5.75 Å². The van der Waals surface area contributed by atoms with E-state index in [-0.39, 0.29) is 17.7 Å². The summed E-state index contributed by atoms with van der Waals surface area (Å²) in [5, 5.41) is 4.90. The van der Waals surface area contributed by atoms with Crippen molar-refractivity contribution in [1.82, 2.24) is 29.4 Å². The number of methoxy groups -OCH3 is 1. The van der Waals surface area contributed by atoms with E-state index in [9.17, 15) is 9.18 Å². The predicted molar refractivity (Wildman–Crippen MR) is 131 cm³/mol. The number of aryl methyl sites for hydroxylation is 1. The van der Waals surface area contributed by atoms with Crippen LogP contribution in [0, 0.1) is 5.82 Å². The number of nitrogens with zero attached hydrogens (tertiary/aromatic N) is 6. The average molecular weight is 474 g/mol. The van der Waals surface area contributed by atoms with Crippen LogP contribution >= 0.6 is 0 Å². The van der Waals surface area contributed by atoms with Gasteiger partial charge in [-0.3, -0.25) is 4.79 Å². The molecule has 186 valence electrons. The molecule has 2 aromatic heterocycles. The van der Waals surface area contributed by atoms with Crippen molar-refractivity contribution in [2.45, 2.75) is 65.0 Å². The maximum absolute atomic E-state index is 14.1. The van der Waals surface area contributed by atoms with Crippen LogP contribution in [0.4, 0.5) is 10.3 Å². The van der Waals surface area contributed by atoms with Gasteiger partial charge in [0.1, 0.15) is 0 Å². The molecule has 0 spiro atoms. The molecule has 34 heavy (non-hydrogen) atoms. The highest BCUT2D eigenvalue weighted by Gasteiger charge is 2.16. The Kier molecular flexibility index (Phi) is 8.60. The lowest BCUT2D eigenvalue weighted by Crippen LogP contribution is -2.27. The first-order valence-corrected chi connectivity index (χ1v) is 11.8. The minimum Gasteiger partial charge on any atom is -0.494 e. The first kappa shape index (κ1) is 25.6. The molecular weight excluding hydrogens is 437 g/mol. The molecule has 1 atom stereocenters. The number of rotatable bonds is 8.